The smallest absolute Gasteiger partial charge is 0.338 e. The van der Waals surface area contributed by atoms with Crippen molar-refractivity contribution < 1.29 is 27.5 Å². The number of rotatable bonds is 15. The van der Waals surface area contributed by atoms with Crippen molar-refractivity contribution in [1.29, 1.82) is 0 Å². The number of ether oxygens (including phenoxy) is 2. The first kappa shape index (κ1) is 39.1. The van der Waals surface area contributed by atoms with Gasteiger partial charge in [0.2, 0.25) is 10.0 Å². The number of carbonyl (C=O) groups excluding carboxylic acids is 2. The Bertz CT molecular complexity index is 1760. The Labute approximate surface area is 291 Å². The van der Waals surface area contributed by atoms with Crippen LogP contribution < -0.4 is 5.84 Å². The van der Waals surface area contributed by atoms with Crippen LogP contribution in [-0.2, 0) is 37.4 Å². The maximum Gasteiger partial charge on any atom is 0.338 e. The Hall–Kier alpha value is -4.35. The van der Waals surface area contributed by atoms with E-state index in [0.29, 0.717) is 36.2 Å². The Kier molecular flexibility index (Phi) is 13.4. The molecule has 10 nitrogen and oxygen atoms in total. The SMILES string of the molecule is CCN=CC(CC[C@H](c1ccc(C)c(CN(Cc2cccc(C(=O)OC(C)(C)C)c2)S(=O)(=O)c2ccccc2)c1)C(C)(C)C(=O)OC)=NN. The summed E-state index contributed by atoms with van der Waals surface area (Å²) in [7, 11) is -2.62. The van der Waals surface area contributed by atoms with E-state index in [2.05, 4.69) is 10.1 Å². The Morgan fingerprint density at radius 1 is 0.959 bits per heavy atom. The zero-order valence-corrected chi connectivity index (χ0v) is 30.7. The molecule has 0 radical (unpaired) electrons. The molecule has 0 unspecified atom stereocenters. The summed E-state index contributed by atoms with van der Waals surface area (Å²) in [5, 5.41) is 3.89. The second-order valence-electron chi connectivity index (χ2n) is 13.5. The summed E-state index contributed by atoms with van der Waals surface area (Å²) < 4.78 is 40.6. The number of benzene rings is 3. The number of sulfonamides is 1. The monoisotopic (exact) mass is 690 g/mol. The van der Waals surface area contributed by atoms with Gasteiger partial charge in [-0.1, -0.05) is 48.5 Å². The lowest BCUT2D eigenvalue weighted by atomic mass is 9.72. The predicted molar refractivity (Wildman–Crippen MR) is 194 cm³/mol. The molecule has 0 amide bonds. The molecule has 3 aromatic carbocycles. The lowest BCUT2D eigenvalue weighted by Gasteiger charge is -2.33. The Morgan fingerprint density at radius 3 is 2.27 bits per heavy atom. The fourth-order valence-electron chi connectivity index (χ4n) is 5.57. The van der Waals surface area contributed by atoms with Gasteiger partial charge in [0, 0.05) is 25.8 Å². The van der Waals surface area contributed by atoms with Crippen LogP contribution in [0.5, 0.6) is 0 Å². The molecule has 1 atom stereocenters. The fraction of sp³-hybridized carbons (Fsp3) is 0.421. The standard InChI is InChI=1S/C38H50N4O6S/c1-9-40-24-32(41-39)20-21-34(38(6,7)36(44)47-8)29-19-18-27(2)31(23-29)26-42(49(45,46)33-16-11-10-12-17-33)25-28-14-13-15-30(22-28)35(43)48-37(3,4)5/h10-19,22-24,34H,9,20-21,25-26,39H2,1-8H3/t34-/m1/s1. The van der Waals surface area contributed by atoms with Gasteiger partial charge in [0.05, 0.1) is 28.7 Å². The lowest BCUT2D eigenvalue weighted by Crippen LogP contribution is -2.33. The summed E-state index contributed by atoms with van der Waals surface area (Å²) >= 11 is 0. The van der Waals surface area contributed by atoms with E-state index >= 15 is 0 Å². The first-order valence-corrected chi connectivity index (χ1v) is 17.8. The summed E-state index contributed by atoms with van der Waals surface area (Å²) in [4.78, 5) is 30.4. The number of aryl methyl sites for hydroxylation is 1. The molecule has 0 bridgehead atoms. The molecule has 3 rings (SSSR count). The Morgan fingerprint density at radius 2 is 1.65 bits per heavy atom. The van der Waals surface area contributed by atoms with Crippen LogP contribution >= 0.6 is 0 Å². The third kappa shape index (κ3) is 10.6. The minimum Gasteiger partial charge on any atom is -0.469 e. The Balaban J connectivity index is 2.09. The molecular weight excluding hydrogens is 641 g/mol. The van der Waals surface area contributed by atoms with Gasteiger partial charge in [-0.15, -0.1) is 0 Å². The average Bonchev–Trinajstić information content (AvgIpc) is 3.06. The predicted octanol–water partition coefficient (Wildman–Crippen LogP) is 6.81. The van der Waals surface area contributed by atoms with Gasteiger partial charge in [-0.3, -0.25) is 9.79 Å². The van der Waals surface area contributed by atoms with Crippen LogP contribution in [0.1, 0.15) is 92.9 Å². The van der Waals surface area contributed by atoms with Gasteiger partial charge in [-0.05, 0) is 114 Å². The van der Waals surface area contributed by atoms with Crippen LogP contribution in [0.3, 0.4) is 0 Å². The number of hydrogen-bond acceptors (Lipinski definition) is 9. The summed E-state index contributed by atoms with van der Waals surface area (Å²) in [6.45, 7) is 13.5. The molecule has 0 aliphatic carbocycles. The quantitative estimate of drug-likeness (QED) is 0.0800. The lowest BCUT2D eigenvalue weighted by molar-refractivity contribution is -0.152. The molecule has 0 aliphatic rings. The van der Waals surface area contributed by atoms with E-state index in [9.17, 15) is 18.0 Å². The van der Waals surface area contributed by atoms with Gasteiger partial charge >= 0.3 is 11.9 Å². The van der Waals surface area contributed by atoms with Crippen molar-refractivity contribution >= 4 is 33.9 Å². The number of aliphatic imine (C=N–C) groups is 1. The number of hydrogen-bond donors (Lipinski definition) is 1. The maximum absolute atomic E-state index is 14.2. The zero-order chi connectivity index (χ0) is 36.4. The molecule has 0 spiro atoms. The number of methoxy groups -OCH3 is 1. The third-order valence-corrected chi connectivity index (χ3v) is 10.1. The number of nitrogens with zero attached hydrogens (tertiary/aromatic N) is 3. The molecule has 3 aromatic rings. The van der Waals surface area contributed by atoms with Gasteiger partial charge < -0.3 is 15.3 Å². The molecule has 11 heteroatoms. The van der Waals surface area contributed by atoms with E-state index in [-0.39, 0.29) is 29.9 Å². The number of carbonyl (C=O) groups is 2. The van der Waals surface area contributed by atoms with E-state index < -0.39 is 27.0 Å². The van der Waals surface area contributed by atoms with E-state index in [0.717, 1.165) is 16.7 Å². The van der Waals surface area contributed by atoms with Gasteiger partial charge in [-0.2, -0.15) is 9.41 Å². The zero-order valence-electron chi connectivity index (χ0n) is 29.9. The summed E-state index contributed by atoms with van der Waals surface area (Å²) in [5.74, 6) is 4.47. The molecule has 0 fully saturated rings. The van der Waals surface area contributed by atoms with Gasteiger partial charge in [0.15, 0.2) is 0 Å². The molecular formula is C38H50N4O6S. The second-order valence-corrected chi connectivity index (χ2v) is 15.5. The van der Waals surface area contributed by atoms with Gasteiger partial charge in [0.1, 0.15) is 5.60 Å². The molecule has 0 aromatic heterocycles. The molecule has 264 valence electrons. The van der Waals surface area contributed by atoms with Crippen molar-refractivity contribution in [3.63, 3.8) is 0 Å². The third-order valence-electron chi connectivity index (χ3n) is 8.28. The van der Waals surface area contributed by atoms with Crippen molar-refractivity contribution in [3.05, 3.63) is 101 Å². The van der Waals surface area contributed by atoms with Gasteiger partial charge in [0.25, 0.3) is 0 Å². The van der Waals surface area contributed by atoms with Crippen LogP contribution in [0, 0.1) is 12.3 Å². The number of hydrazone groups is 1. The van der Waals surface area contributed by atoms with E-state index in [4.69, 9.17) is 15.3 Å². The van der Waals surface area contributed by atoms with Crippen molar-refractivity contribution in [2.75, 3.05) is 13.7 Å². The first-order valence-electron chi connectivity index (χ1n) is 16.3. The van der Waals surface area contributed by atoms with Gasteiger partial charge in [-0.25, -0.2) is 13.2 Å². The minimum atomic E-state index is -3.99. The molecule has 0 aliphatic heterocycles. The molecule has 0 heterocycles. The number of nitrogens with two attached hydrogens (primary N) is 1. The highest BCUT2D eigenvalue weighted by atomic mass is 32.2. The molecule has 49 heavy (non-hydrogen) atoms. The minimum absolute atomic E-state index is 0.00169. The highest BCUT2D eigenvalue weighted by Crippen LogP contribution is 2.41. The first-order chi connectivity index (χ1) is 23.0. The van der Waals surface area contributed by atoms with Crippen molar-refractivity contribution in [2.24, 2.45) is 21.4 Å². The summed E-state index contributed by atoms with van der Waals surface area (Å²) in [6, 6.07) is 21.0. The highest BCUT2D eigenvalue weighted by molar-refractivity contribution is 7.89. The van der Waals surface area contributed by atoms with Crippen molar-refractivity contribution in [1.82, 2.24) is 4.31 Å². The molecule has 0 saturated carbocycles. The van der Waals surface area contributed by atoms with Crippen molar-refractivity contribution in [2.45, 2.75) is 90.8 Å². The largest absolute Gasteiger partial charge is 0.469 e. The second kappa shape index (κ2) is 16.8. The number of esters is 2. The maximum atomic E-state index is 14.2. The molecule has 0 saturated heterocycles. The van der Waals surface area contributed by atoms with Crippen LogP contribution in [-0.4, -0.2) is 55.8 Å². The fourth-order valence-corrected chi connectivity index (χ4v) is 7.00. The summed E-state index contributed by atoms with van der Waals surface area (Å²) in [6.07, 6.45) is 2.63. The summed E-state index contributed by atoms with van der Waals surface area (Å²) in [5.41, 5.74) is 2.46. The topological polar surface area (TPSA) is 141 Å². The van der Waals surface area contributed by atoms with E-state index in [1.807, 2.05) is 45.9 Å². The van der Waals surface area contributed by atoms with Crippen LogP contribution in [0.4, 0.5) is 0 Å². The normalized spacial score (nSPS) is 13.4. The van der Waals surface area contributed by atoms with E-state index in [1.165, 1.54) is 11.4 Å². The van der Waals surface area contributed by atoms with Crippen molar-refractivity contribution in [3.8, 4) is 0 Å². The molecule has 2 N–H and O–H groups in total. The highest BCUT2D eigenvalue weighted by Gasteiger charge is 2.39. The van der Waals surface area contributed by atoms with Crippen LogP contribution in [0.2, 0.25) is 0 Å². The van der Waals surface area contributed by atoms with Crippen LogP contribution in [0.25, 0.3) is 0 Å². The van der Waals surface area contributed by atoms with Crippen LogP contribution in [0.15, 0.2) is 87.8 Å². The average molecular weight is 691 g/mol. The van der Waals surface area contributed by atoms with E-state index in [1.54, 1.807) is 81.6 Å².